The smallest absolute Gasteiger partial charge is 0.207 e. The van der Waals surface area contributed by atoms with Crippen LogP contribution < -0.4 is 5.32 Å². The number of halogens is 1. The first-order valence-corrected chi connectivity index (χ1v) is 8.60. The summed E-state index contributed by atoms with van der Waals surface area (Å²) in [5.74, 6) is 0.638. The molecule has 0 amide bonds. The highest BCUT2D eigenvalue weighted by Crippen LogP contribution is 2.28. The lowest BCUT2D eigenvalue weighted by Crippen LogP contribution is -2.42. The third-order valence-corrected chi connectivity index (χ3v) is 5.11. The van der Waals surface area contributed by atoms with Crippen LogP contribution in [0.3, 0.4) is 0 Å². The molecule has 4 rings (SSSR count). The topological polar surface area (TPSA) is 33.1 Å². The second-order valence-electron chi connectivity index (χ2n) is 6.62. The Bertz CT molecular complexity index is 658. The molecule has 1 N–H and O–H groups in total. The standard InChI is InChI=1S/C18H23FN4/c19-14-6-8-15(9-7-14)21-18-20-12-17-13-22(10-11-23(17)18)16-4-2-1-3-5-16/h6-9,12,16H,1-5,10-11,13H2,(H,20,21). The molecule has 0 spiro atoms. The third-order valence-electron chi connectivity index (χ3n) is 5.11. The highest BCUT2D eigenvalue weighted by molar-refractivity contribution is 5.53. The quantitative estimate of drug-likeness (QED) is 0.932. The fourth-order valence-electron chi connectivity index (χ4n) is 3.82. The van der Waals surface area contributed by atoms with Gasteiger partial charge in [-0.2, -0.15) is 0 Å². The Morgan fingerprint density at radius 1 is 1.04 bits per heavy atom. The van der Waals surface area contributed by atoms with Gasteiger partial charge in [0.05, 0.1) is 11.9 Å². The van der Waals surface area contributed by atoms with Gasteiger partial charge < -0.3 is 9.88 Å². The summed E-state index contributed by atoms with van der Waals surface area (Å²) in [4.78, 5) is 7.15. The zero-order valence-electron chi connectivity index (χ0n) is 13.3. The number of nitrogens with zero attached hydrogens (tertiary/aromatic N) is 3. The number of rotatable bonds is 3. The van der Waals surface area contributed by atoms with Gasteiger partial charge in [0.2, 0.25) is 5.95 Å². The molecule has 1 aromatic heterocycles. The maximum absolute atomic E-state index is 13.0. The molecule has 1 saturated carbocycles. The van der Waals surface area contributed by atoms with E-state index in [0.29, 0.717) is 0 Å². The number of anilines is 2. The van der Waals surface area contributed by atoms with Crippen LogP contribution in [0, 0.1) is 5.82 Å². The predicted molar refractivity (Wildman–Crippen MR) is 89.2 cm³/mol. The summed E-state index contributed by atoms with van der Waals surface area (Å²) in [6, 6.07) is 7.17. The zero-order chi connectivity index (χ0) is 15.6. The first kappa shape index (κ1) is 14.7. The second kappa shape index (κ2) is 6.32. The first-order chi connectivity index (χ1) is 11.3. The molecular formula is C18H23FN4. The monoisotopic (exact) mass is 314 g/mol. The molecule has 2 aliphatic rings. The van der Waals surface area contributed by atoms with Gasteiger partial charge in [0.15, 0.2) is 0 Å². The van der Waals surface area contributed by atoms with E-state index in [1.54, 1.807) is 12.1 Å². The number of nitrogens with one attached hydrogen (secondary N) is 1. The fourth-order valence-corrected chi connectivity index (χ4v) is 3.82. The van der Waals surface area contributed by atoms with Crippen molar-refractivity contribution in [2.24, 2.45) is 0 Å². The highest BCUT2D eigenvalue weighted by Gasteiger charge is 2.26. The van der Waals surface area contributed by atoms with Gasteiger partial charge in [0.1, 0.15) is 5.82 Å². The lowest BCUT2D eigenvalue weighted by Gasteiger charge is -2.37. The molecular weight excluding hydrogens is 291 g/mol. The highest BCUT2D eigenvalue weighted by atomic mass is 19.1. The van der Waals surface area contributed by atoms with Crippen LogP contribution in [0.1, 0.15) is 37.8 Å². The molecule has 23 heavy (non-hydrogen) atoms. The van der Waals surface area contributed by atoms with E-state index in [1.165, 1.54) is 49.9 Å². The summed E-state index contributed by atoms with van der Waals surface area (Å²) in [6.45, 7) is 3.05. The molecule has 1 aliphatic heterocycles. The van der Waals surface area contributed by atoms with Crippen molar-refractivity contribution in [1.82, 2.24) is 14.5 Å². The lowest BCUT2D eigenvalue weighted by molar-refractivity contribution is 0.124. The Hall–Kier alpha value is -1.88. The Morgan fingerprint density at radius 2 is 1.83 bits per heavy atom. The Morgan fingerprint density at radius 3 is 2.61 bits per heavy atom. The van der Waals surface area contributed by atoms with Crippen LogP contribution in [0.4, 0.5) is 16.0 Å². The number of imidazole rings is 1. The summed E-state index contributed by atoms with van der Waals surface area (Å²) < 4.78 is 15.3. The summed E-state index contributed by atoms with van der Waals surface area (Å²) in [6.07, 6.45) is 8.80. The van der Waals surface area contributed by atoms with Crippen LogP contribution in [0.15, 0.2) is 30.5 Å². The molecule has 1 fully saturated rings. The minimum absolute atomic E-state index is 0.219. The molecule has 0 saturated heterocycles. The normalized spacial score (nSPS) is 19.5. The largest absolute Gasteiger partial charge is 0.326 e. The van der Waals surface area contributed by atoms with Crippen molar-refractivity contribution < 1.29 is 4.39 Å². The summed E-state index contributed by atoms with van der Waals surface area (Å²) >= 11 is 0. The van der Waals surface area contributed by atoms with Crippen molar-refractivity contribution in [2.75, 3.05) is 11.9 Å². The second-order valence-corrected chi connectivity index (χ2v) is 6.62. The van der Waals surface area contributed by atoms with Crippen LogP contribution in [-0.4, -0.2) is 27.0 Å². The van der Waals surface area contributed by atoms with Gasteiger partial charge >= 0.3 is 0 Å². The van der Waals surface area contributed by atoms with E-state index in [-0.39, 0.29) is 5.82 Å². The Kier molecular flexibility index (Phi) is 4.04. The van der Waals surface area contributed by atoms with E-state index < -0.39 is 0 Å². The van der Waals surface area contributed by atoms with Gasteiger partial charge in [-0.1, -0.05) is 19.3 Å². The predicted octanol–water partition coefficient (Wildman–Crippen LogP) is 3.91. The number of fused-ring (bicyclic) bond motifs is 1. The zero-order valence-corrected chi connectivity index (χ0v) is 13.3. The molecule has 0 atom stereocenters. The maximum Gasteiger partial charge on any atom is 0.207 e. The van der Waals surface area contributed by atoms with Crippen molar-refractivity contribution in [1.29, 1.82) is 0 Å². The van der Waals surface area contributed by atoms with Crippen LogP contribution in [0.5, 0.6) is 0 Å². The molecule has 0 bridgehead atoms. The minimum atomic E-state index is -0.219. The van der Waals surface area contributed by atoms with Gasteiger partial charge in [0.25, 0.3) is 0 Å². The van der Waals surface area contributed by atoms with E-state index in [2.05, 4.69) is 19.8 Å². The first-order valence-electron chi connectivity index (χ1n) is 8.60. The van der Waals surface area contributed by atoms with Crippen LogP contribution in [0.25, 0.3) is 0 Å². The molecule has 5 heteroatoms. The molecule has 0 unspecified atom stereocenters. The number of hydrogen-bond donors (Lipinski definition) is 1. The number of benzene rings is 1. The number of aromatic nitrogens is 2. The Labute approximate surface area is 136 Å². The van der Waals surface area contributed by atoms with E-state index in [1.807, 2.05) is 6.20 Å². The Balaban J connectivity index is 1.47. The molecule has 2 heterocycles. The third kappa shape index (κ3) is 3.11. The van der Waals surface area contributed by atoms with Crippen LogP contribution in [0.2, 0.25) is 0 Å². The lowest BCUT2D eigenvalue weighted by atomic mass is 9.94. The van der Waals surface area contributed by atoms with Gasteiger partial charge in [-0.3, -0.25) is 4.90 Å². The van der Waals surface area contributed by atoms with Gasteiger partial charge in [-0.15, -0.1) is 0 Å². The molecule has 122 valence electrons. The van der Waals surface area contributed by atoms with Crippen molar-refractivity contribution in [2.45, 2.75) is 51.2 Å². The molecule has 4 nitrogen and oxygen atoms in total. The maximum atomic E-state index is 13.0. The SMILES string of the molecule is Fc1ccc(Nc2ncc3n2CCN(C2CCCCC2)C3)cc1. The van der Waals surface area contributed by atoms with Crippen molar-refractivity contribution >= 4 is 11.6 Å². The minimum Gasteiger partial charge on any atom is -0.326 e. The van der Waals surface area contributed by atoms with Crippen LogP contribution in [-0.2, 0) is 13.1 Å². The van der Waals surface area contributed by atoms with Gasteiger partial charge in [-0.25, -0.2) is 9.37 Å². The van der Waals surface area contributed by atoms with E-state index in [4.69, 9.17) is 0 Å². The number of hydrogen-bond acceptors (Lipinski definition) is 3. The summed E-state index contributed by atoms with van der Waals surface area (Å²) in [5, 5.41) is 3.30. The summed E-state index contributed by atoms with van der Waals surface area (Å²) in [5.41, 5.74) is 2.14. The molecule has 1 aliphatic carbocycles. The van der Waals surface area contributed by atoms with E-state index in [9.17, 15) is 4.39 Å². The summed E-state index contributed by atoms with van der Waals surface area (Å²) in [7, 11) is 0. The average Bonchev–Trinajstić information content (AvgIpc) is 3.00. The molecule has 0 radical (unpaired) electrons. The fraction of sp³-hybridized carbons (Fsp3) is 0.500. The van der Waals surface area contributed by atoms with Gasteiger partial charge in [-0.05, 0) is 37.1 Å². The van der Waals surface area contributed by atoms with E-state index >= 15 is 0 Å². The van der Waals surface area contributed by atoms with Crippen molar-refractivity contribution in [3.63, 3.8) is 0 Å². The van der Waals surface area contributed by atoms with Crippen LogP contribution >= 0.6 is 0 Å². The van der Waals surface area contributed by atoms with Gasteiger partial charge in [0, 0.05) is 31.4 Å². The van der Waals surface area contributed by atoms with E-state index in [0.717, 1.165) is 37.3 Å². The van der Waals surface area contributed by atoms with Crippen molar-refractivity contribution in [3.05, 3.63) is 42.0 Å². The van der Waals surface area contributed by atoms with Crippen molar-refractivity contribution in [3.8, 4) is 0 Å². The average molecular weight is 314 g/mol. The molecule has 2 aromatic rings. The molecule has 1 aromatic carbocycles.